The molecule has 0 amide bonds. The van der Waals surface area contributed by atoms with Crippen molar-refractivity contribution in [1.82, 2.24) is 9.62 Å². The Morgan fingerprint density at radius 2 is 1.84 bits per heavy atom. The van der Waals surface area contributed by atoms with Gasteiger partial charge in [-0.15, -0.1) is 0 Å². The van der Waals surface area contributed by atoms with Crippen LogP contribution in [-0.4, -0.2) is 43.3 Å². The second-order valence-corrected chi connectivity index (χ2v) is 7.86. The van der Waals surface area contributed by atoms with Crippen molar-refractivity contribution in [1.29, 1.82) is 0 Å². The zero-order chi connectivity index (χ0) is 18.1. The molecular formula is C18H29N3O3S. The maximum absolute atomic E-state index is 10.3. The molecule has 2 fully saturated rings. The topological polar surface area (TPSA) is 82.0 Å². The average molecular weight is 368 g/mol. The van der Waals surface area contributed by atoms with E-state index in [0.717, 1.165) is 45.2 Å². The van der Waals surface area contributed by atoms with Gasteiger partial charge in [-0.05, 0) is 24.8 Å². The molecule has 6 nitrogen and oxygen atoms in total. The fourth-order valence-electron chi connectivity index (χ4n) is 3.19. The number of hydrogen-bond acceptors (Lipinski definition) is 3. The molecule has 0 atom stereocenters. The molecule has 0 radical (unpaired) electrons. The van der Waals surface area contributed by atoms with Crippen LogP contribution in [0.1, 0.15) is 50.5 Å². The summed E-state index contributed by atoms with van der Waals surface area (Å²) in [5.74, 6) is 1.26. The van der Waals surface area contributed by atoms with Gasteiger partial charge in [-0.2, -0.15) is 13.1 Å². The molecule has 2 N–H and O–H groups in total. The molecule has 0 spiro atoms. The summed E-state index contributed by atoms with van der Waals surface area (Å²) in [6.07, 6.45) is 7.36. The Labute approximate surface area is 151 Å². The highest BCUT2D eigenvalue weighted by molar-refractivity contribution is 7.83. The number of hydrogen-bond donors (Lipinski definition) is 2. The molecule has 1 aliphatic heterocycles. The molecule has 1 aromatic rings. The van der Waals surface area contributed by atoms with Crippen molar-refractivity contribution >= 4 is 16.1 Å². The van der Waals surface area contributed by atoms with Gasteiger partial charge in [0.05, 0.1) is 12.4 Å². The Hall–Kier alpha value is -1.44. The van der Waals surface area contributed by atoms with Crippen LogP contribution < -0.4 is 4.72 Å². The van der Waals surface area contributed by atoms with E-state index in [1.54, 1.807) is 0 Å². The highest BCUT2D eigenvalue weighted by atomic mass is 32.2. The Kier molecular flexibility index (Phi) is 7.87. The predicted molar refractivity (Wildman–Crippen MR) is 101 cm³/mol. The lowest BCUT2D eigenvalue weighted by atomic mass is 9.96. The van der Waals surface area contributed by atoms with Crippen LogP contribution in [0.2, 0.25) is 0 Å². The number of nitrogens with one attached hydrogen (secondary N) is 1. The maximum atomic E-state index is 10.3. The van der Waals surface area contributed by atoms with Gasteiger partial charge in [0.25, 0.3) is 0 Å². The standard InChI is InChI=1S/C12H16N2.C6H13NO3S/c1-14-9-5-8-12(14)13-10-11-6-3-2-4-7-11;8-11(9,10)7-6-4-2-1-3-5-6/h2-4,6-7H,5,8-10H2,1H3;6-7H,1-5H2,(H,8,9,10). The number of amidine groups is 1. The fraction of sp³-hybridized carbons (Fsp3) is 0.611. The largest absolute Gasteiger partial charge is 0.363 e. The van der Waals surface area contributed by atoms with Crippen LogP contribution in [0, 0.1) is 0 Å². The van der Waals surface area contributed by atoms with Gasteiger partial charge in [0, 0.05) is 26.1 Å². The lowest BCUT2D eigenvalue weighted by molar-refractivity contribution is 0.389. The van der Waals surface area contributed by atoms with Crippen LogP contribution in [0.4, 0.5) is 0 Å². The van der Waals surface area contributed by atoms with Gasteiger partial charge in [-0.3, -0.25) is 9.55 Å². The highest BCUT2D eigenvalue weighted by Crippen LogP contribution is 2.17. The molecule has 1 saturated heterocycles. The zero-order valence-corrected chi connectivity index (χ0v) is 15.7. The SMILES string of the molecule is CN1CCCC1=NCc1ccccc1.O=S(=O)(O)NC1CCCCC1. The van der Waals surface area contributed by atoms with Crippen molar-refractivity contribution in [3.63, 3.8) is 0 Å². The third-order valence-corrected chi connectivity index (χ3v) is 5.17. The third kappa shape index (κ3) is 7.98. The van der Waals surface area contributed by atoms with Gasteiger partial charge >= 0.3 is 10.3 Å². The van der Waals surface area contributed by atoms with E-state index < -0.39 is 10.3 Å². The number of likely N-dealkylation sites (tertiary alicyclic amines) is 1. The van der Waals surface area contributed by atoms with Crippen LogP contribution in [0.25, 0.3) is 0 Å². The molecule has 2 aliphatic rings. The summed E-state index contributed by atoms with van der Waals surface area (Å²) in [6.45, 7) is 1.98. The van der Waals surface area contributed by atoms with Gasteiger partial charge < -0.3 is 4.90 Å². The van der Waals surface area contributed by atoms with Gasteiger partial charge in [0.15, 0.2) is 0 Å². The number of aliphatic imine (C=N–C) groups is 1. The summed E-state index contributed by atoms with van der Waals surface area (Å²) in [5, 5.41) is 0. The first-order valence-electron chi connectivity index (χ1n) is 8.97. The summed E-state index contributed by atoms with van der Waals surface area (Å²) in [7, 11) is -1.85. The van der Waals surface area contributed by atoms with Crippen molar-refractivity contribution in [2.45, 2.75) is 57.5 Å². The Morgan fingerprint density at radius 3 is 2.40 bits per heavy atom. The summed E-state index contributed by atoms with van der Waals surface area (Å²) >= 11 is 0. The van der Waals surface area contributed by atoms with Gasteiger partial charge in [0.2, 0.25) is 0 Å². The van der Waals surface area contributed by atoms with E-state index in [-0.39, 0.29) is 6.04 Å². The lowest BCUT2D eigenvalue weighted by Gasteiger charge is -2.20. The minimum absolute atomic E-state index is 0.0428. The smallest absolute Gasteiger partial charge is 0.333 e. The molecule has 1 aromatic carbocycles. The third-order valence-electron chi connectivity index (χ3n) is 4.54. The van der Waals surface area contributed by atoms with Crippen LogP contribution in [0.15, 0.2) is 35.3 Å². The van der Waals surface area contributed by atoms with Crippen molar-refractivity contribution in [2.24, 2.45) is 4.99 Å². The highest BCUT2D eigenvalue weighted by Gasteiger charge is 2.17. The van der Waals surface area contributed by atoms with Crippen molar-refractivity contribution in [2.75, 3.05) is 13.6 Å². The Bertz CT molecular complexity index is 641. The van der Waals surface area contributed by atoms with E-state index in [1.165, 1.54) is 24.2 Å². The molecule has 1 aliphatic carbocycles. The molecule has 3 rings (SSSR count). The first-order chi connectivity index (χ1) is 11.9. The second kappa shape index (κ2) is 9.89. The van der Waals surface area contributed by atoms with Crippen LogP contribution in [0.5, 0.6) is 0 Å². The van der Waals surface area contributed by atoms with E-state index in [9.17, 15) is 8.42 Å². The van der Waals surface area contributed by atoms with E-state index >= 15 is 0 Å². The first kappa shape index (κ1) is 19.9. The molecule has 0 bridgehead atoms. The molecule has 0 aromatic heterocycles. The van der Waals surface area contributed by atoms with E-state index in [2.05, 4.69) is 45.9 Å². The molecule has 7 heteroatoms. The number of benzene rings is 1. The summed E-state index contributed by atoms with van der Waals surface area (Å²) in [5.41, 5.74) is 1.29. The van der Waals surface area contributed by atoms with Crippen LogP contribution in [0.3, 0.4) is 0 Å². The monoisotopic (exact) mass is 367 g/mol. The van der Waals surface area contributed by atoms with E-state index in [4.69, 9.17) is 4.55 Å². The fourth-order valence-corrected chi connectivity index (χ4v) is 3.85. The molecule has 140 valence electrons. The zero-order valence-electron chi connectivity index (χ0n) is 14.9. The summed E-state index contributed by atoms with van der Waals surface area (Å²) < 4.78 is 31.3. The molecule has 1 saturated carbocycles. The van der Waals surface area contributed by atoms with Crippen LogP contribution >= 0.6 is 0 Å². The number of nitrogens with zero attached hydrogens (tertiary/aromatic N) is 2. The molecule has 1 heterocycles. The average Bonchev–Trinajstić information content (AvgIpc) is 2.99. The van der Waals surface area contributed by atoms with Gasteiger partial charge in [-0.1, -0.05) is 49.6 Å². The van der Waals surface area contributed by atoms with Gasteiger partial charge in [0.1, 0.15) is 0 Å². The lowest BCUT2D eigenvalue weighted by Crippen LogP contribution is -2.35. The minimum Gasteiger partial charge on any atom is -0.363 e. The Morgan fingerprint density at radius 1 is 1.16 bits per heavy atom. The van der Waals surface area contributed by atoms with Gasteiger partial charge in [-0.25, -0.2) is 0 Å². The van der Waals surface area contributed by atoms with Crippen molar-refractivity contribution in [3.05, 3.63) is 35.9 Å². The minimum atomic E-state index is -3.97. The molecule has 25 heavy (non-hydrogen) atoms. The van der Waals surface area contributed by atoms with Crippen LogP contribution in [-0.2, 0) is 16.8 Å². The summed E-state index contributed by atoms with van der Waals surface area (Å²) in [6, 6.07) is 10.4. The van der Waals surface area contributed by atoms with Crippen molar-refractivity contribution in [3.8, 4) is 0 Å². The van der Waals surface area contributed by atoms with E-state index in [1.807, 2.05) is 6.07 Å². The first-order valence-corrected chi connectivity index (χ1v) is 10.4. The maximum Gasteiger partial charge on any atom is 0.333 e. The normalized spacial score (nSPS) is 20.4. The predicted octanol–water partition coefficient (Wildman–Crippen LogP) is 3.02. The van der Waals surface area contributed by atoms with Crippen molar-refractivity contribution < 1.29 is 13.0 Å². The van der Waals surface area contributed by atoms with E-state index in [0.29, 0.717) is 0 Å². The summed E-state index contributed by atoms with van der Waals surface area (Å²) in [4.78, 5) is 6.87. The molecule has 0 unspecified atom stereocenters. The molecular weight excluding hydrogens is 338 g/mol. The Balaban J connectivity index is 0.000000186. The number of rotatable bonds is 4. The quantitative estimate of drug-likeness (QED) is 0.802. The second-order valence-electron chi connectivity index (χ2n) is 6.67.